The van der Waals surface area contributed by atoms with Crippen molar-refractivity contribution in [3.05, 3.63) is 47.0 Å². The van der Waals surface area contributed by atoms with E-state index in [1.165, 1.54) is 20.3 Å². The molecule has 0 atom stereocenters. The van der Waals surface area contributed by atoms with Crippen LogP contribution in [0, 0.1) is 5.41 Å². The average molecular weight is 469 g/mol. The molecular formula is C23H28F3N2O5+. The molecule has 0 unspecified atom stereocenters. The van der Waals surface area contributed by atoms with Crippen LogP contribution in [0.3, 0.4) is 0 Å². The van der Waals surface area contributed by atoms with Crippen LogP contribution in [0.1, 0.15) is 41.3 Å². The Morgan fingerprint density at radius 2 is 1.82 bits per heavy atom. The minimum Gasteiger partial charge on any atom is -0.593 e. The van der Waals surface area contributed by atoms with Crippen LogP contribution >= 0.6 is 0 Å². The lowest BCUT2D eigenvalue weighted by molar-refractivity contribution is -0.0588. The lowest BCUT2D eigenvalue weighted by Crippen LogP contribution is -2.23. The van der Waals surface area contributed by atoms with E-state index in [2.05, 4.69) is 5.32 Å². The maximum Gasteiger partial charge on any atom is 0.433 e. The molecule has 0 aromatic heterocycles. The maximum absolute atomic E-state index is 12.9. The molecule has 0 saturated heterocycles. The summed E-state index contributed by atoms with van der Waals surface area (Å²) in [6, 6.07) is 7.49. The van der Waals surface area contributed by atoms with E-state index in [1.54, 1.807) is 18.2 Å². The fourth-order valence-electron chi connectivity index (χ4n) is 3.19. The highest BCUT2D eigenvalue weighted by molar-refractivity contribution is 6.04. The van der Waals surface area contributed by atoms with E-state index in [9.17, 15) is 18.0 Å². The van der Waals surface area contributed by atoms with Crippen molar-refractivity contribution in [2.45, 2.75) is 32.4 Å². The van der Waals surface area contributed by atoms with Crippen LogP contribution in [0.2, 0.25) is 0 Å². The standard InChI is InChI=1S/C23H27F3N2O5/c1-4-6-15-18(10-9-17(20(15)29)21(27)23(24,25)26)33-12-5-11-28-14-7-8-16(22(30)32-3)19(13-14)31-2/h7-10,13,27-29H,4-6,11-12H2,1-3H3/p+1. The third-order valence-electron chi connectivity index (χ3n) is 4.84. The number of esters is 1. The van der Waals surface area contributed by atoms with Gasteiger partial charge in [-0.15, -0.1) is 0 Å². The van der Waals surface area contributed by atoms with Crippen molar-refractivity contribution in [2.75, 3.05) is 32.7 Å². The van der Waals surface area contributed by atoms with E-state index in [4.69, 9.17) is 24.7 Å². The van der Waals surface area contributed by atoms with Gasteiger partial charge in [0.1, 0.15) is 22.6 Å². The number of anilines is 1. The summed E-state index contributed by atoms with van der Waals surface area (Å²) >= 11 is 0. The molecule has 2 aromatic rings. The van der Waals surface area contributed by atoms with Crippen LogP contribution in [0.5, 0.6) is 17.2 Å². The van der Waals surface area contributed by atoms with Gasteiger partial charge in [0.25, 0.3) is 5.75 Å². The number of ether oxygens (including phenoxy) is 3. The second-order valence-electron chi connectivity index (χ2n) is 7.12. The molecule has 0 heterocycles. The van der Waals surface area contributed by atoms with Crippen molar-refractivity contribution >= 4 is 17.4 Å². The van der Waals surface area contributed by atoms with Crippen LogP contribution in [0.4, 0.5) is 18.9 Å². The zero-order chi connectivity index (χ0) is 24.6. The predicted molar refractivity (Wildman–Crippen MR) is 119 cm³/mol. The van der Waals surface area contributed by atoms with Gasteiger partial charge in [0.2, 0.25) is 0 Å². The first-order chi connectivity index (χ1) is 15.6. The van der Waals surface area contributed by atoms with Crippen molar-refractivity contribution < 1.29 is 37.3 Å². The molecule has 0 aliphatic rings. The summed E-state index contributed by atoms with van der Waals surface area (Å²) < 4.78 is 54.4. The van der Waals surface area contributed by atoms with E-state index in [1.807, 2.05) is 6.92 Å². The predicted octanol–water partition coefficient (Wildman–Crippen LogP) is 4.68. The van der Waals surface area contributed by atoms with E-state index in [0.717, 1.165) is 11.8 Å². The van der Waals surface area contributed by atoms with Crippen molar-refractivity contribution in [1.29, 1.82) is 5.41 Å². The molecule has 0 bridgehead atoms. The largest absolute Gasteiger partial charge is 0.593 e. The van der Waals surface area contributed by atoms with Crippen molar-refractivity contribution in [1.82, 2.24) is 0 Å². The molecule has 0 spiro atoms. The number of nitrogens with one attached hydrogen (secondary N) is 2. The lowest BCUT2D eigenvalue weighted by Gasteiger charge is -2.15. The summed E-state index contributed by atoms with van der Waals surface area (Å²) in [4.78, 5) is 11.7. The van der Waals surface area contributed by atoms with Crippen molar-refractivity contribution in [3.8, 4) is 17.2 Å². The highest BCUT2D eigenvalue weighted by Crippen LogP contribution is 2.36. The zero-order valence-electron chi connectivity index (χ0n) is 18.7. The molecule has 2 rings (SSSR count). The molecule has 10 heteroatoms. The fraction of sp³-hybridized carbons (Fsp3) is 0.391. The number of halogens is 3. The first-order valence-electron chi connectivity index (χ1n) is 10.3. The van der Waals surface area contributed by atoms with Crippen molar-refractivity contribution in [2.24, 2.45) is 0 Å². The minimum absolute atomic E-state index is 0.274. The lowest BCUT2D eigenvalue weighted by atomic mass is 10.00. The number of benzene rings is 2. The summed E-state index contributed by atoms with van der Waals surface area (Å²) in [6.07, 6.45) is -3.25. The second-order valence-corrected chi connectivity index (χ2v) is 7.12. The molecule has 0 radical (unpaired) electrons. The molecule has 33 heavy (non-hydrogen) atoms. The number of carbonyl (C=O) groups excluding carboxylic acids is 1. The number of hydrogen-bond acceptors (Lipinski definition) is 6. The summed E-state index contributed by atoms with van der Waals surface area (Å²) in [5.41, 5.74) is -0.584. The van der Waals surface area contributed by atoms with Gasteiger partial charge in [-0.05, 0) is 37.1 Å². The Bertz CT molecular complexity index is 993. The van der Waals surface area contributed by atoms with Gasteiger partial charge in [0.05, 0.1) is 26.4 Å². The monoisotopic (exact) mass is 469 g/mol. The zero-order valence-corrected chi connectivity index (χ0v) is 18.7. The Morgan fingerprint density at radius 1 is 1.12 bits per heavy atom. The minimum atomic E-state index is -4.81. The molecule has 0 saturated carbocycles. The summed E-state index contributed by atoms with van der Waals surface area (Å²) in [5, 5.41) is 18.7. The third-order valence-corrected chi connectivity index (χ3v) is 4.84. The van der Waals surface area contributed by atoms with Gasteiger partial charge < -0.3 is 24.6 Å². The summed E-state index contributed by atoms with van der Waals surface area (Å²) in [7, 11) is 2.74. The van der Waals surface area contributed by atoms with E-state index in [0.29, 0.717) is 48.4 Å². The highest BCUT2D eigenvalue weighted by atomic mass is 19.4. The number of carbonyl (C=O) groups is 1. The normalized spacial score (nSPS) is 11.1. The Morgan fingerprint density at radius 3 is 2.42 bits per heavy atom. The van der Waals surface area contributed by atoms with E-state index in [-0.39, 0.29) is 12.4 Å². The highest BCUT2D eigenvalue weighted by Gasteiger charge is 2.38. The van der Waals surface area contributed by atoms with Crippen LogP contribution in [0.15, 0.2) is 30.3 Å². The smallest absolute Gasteiger partial charge is 0.433 e. The SMILES string of the molecule is CCCc1c(OCCCNc2ccc(C(=O)OC)c(OC)c2)ccc(C(=N)C(F)(F)F)c1[OH2+]. The van der Waals surface area contributed by atoms with Gasteiger partial charge in [-0.25, -0.2) is 4.79 Å². The summed E-state index contributed by atoms with van der Waals surface area (Å²) in [5.74, 6) is -0.100. The van der Waals surface area contributed by atoms with Gasteiger partial charge in [-0.1, -0.05) is 13.3 Å². The third kappa shape index (κ3) is 6.53. The Kier molecular flexibility index (Phi) is 8.95. The first-order valence-corrected chi connectivity index (χ1v) is 10.3. The van der Waals surface area contributed by atoms with Crippen molar-refractivity contribution in [3.63, 3.8) is 0 Å². The number of rotatable bonds is 11. The Labute approximate surface area is 190 Å². The van der Waals surface area contributed by atoms with Crippen LogP contribution in [-0.4, -0.2) is 50.3 Å². The molecule has 0 fully saturated rings. The van der Waals surface area contributed by atoms with Crippen LogP contribution < -0.4 is 14.8 Å². The Balaban J connectivity index is 2.00. The molecule has 2 aromatic carbocycles. The fourth-order valence-corrected chi connectivity index (χ4v) is 3.19. The second kappa shape index (κ2) is 11.4. The molecule has 0 amide bonds. The number of alkyl halides is 3. The number of methoxy groups -OCH3 is 2. The Hall–Kier alpha value is -3.43. The molecule has 7 nitrogen and oxygen atoms in total. The molecule has 180 valence electrons. The van der Waals surface area contributed by atoms with Crippen LogP contribution in [-0.2, 0) is 11.2 Å². The van der Waals surface area contributed by atoms with Gasteiger partial charge in [-0.2, -0.15) is 13.2 Å². The van der Waals surface area contributed by atoms with Crippen LogP contribution in [0.25, 0.3) is 0 Å². The molecular weight excluding hydrogens is 441 g/mol. The van der Waals surface area contributed by atoms with E-state index >= 15 is 0 Å². The number of hydrogen-bond donors (Lipinski definition) is 2. The topological polar surface area (TPSA) is 104 Å². The van der Waals surface area contributed by atoms with Gasteiger partial charge in [0, 0.05) is 18.3 Å². The average Bonchev–Trinajstić information content (AvgIpc) is 2.79. The van der Waals surface area contributed by atoms with Gasteiger partial charge in [0.15, 0.2) is 5.71 Å². The first kappa shape index (κ1) is 25.8. The van der Waals surface area contributed by atoms with Gasteiger partial charge in [-0.3, -0.25) is 5.41 Å². The maximum atomic E-state index is 12.9. The van der Waals surface area contributed by atoms with E-state index < -0.39 is 23.4 Å². The van der Waals surface area contributed by atoms with Gasteiger partial charge >= 0.3 is 12.1 Å². The molecule has 0 aliphatic carbocycles. The quantitative estimate of drug-likeness (QED) is 0.215. The summed E-state index contributed by atoms with van der Waals surface area (Å²) in [6.45, 7) is 2.65. The molecule has 4 N–H and O–H groups in total. The molecule has 0 aliphatic heterocycles.